The largest absolute Gasteiger partial charge is 0.395 e. The first-order valence-electron chi connectivity index (χ1n) is 7.14. The fraction of sp³-hybridized carbons (Fsp3) is 0.625. The van der Waals surface area contributed by atoms with Gasteiger partial charge in [-0.1, -0.05) is 25.7 Å². The number of nitrogens with zero attached hydrogens (tertiary/aromatic N) is 1. The normalized spacial score (nSPS) is 19.1. The number of rotatable bonds is 3. The van der Waals surface area contributed by atoms with Gasteiger partial charge in [0.05, 0.1) is 11.5 Å². The Bertz CT molecular complexity index is 484. The monoisotopic (exact) mass is 309 g/mol. The van der Waals surface area contributed by atoms with Gasteiger partial charge in [0.25, 0.3) is 0 Å². The summed E-state index contributed by atoms with van der Waals surface area (Å²) in [5.41, 5.74) is 0. The Morgan fingerprint density at radius 1 is 1.35 bits per heavy atom. The molecule has 110 valence electrons. The Labute approximate surface area is 130 Å². The molecule has 20 heavy (non-hydrogen) atoms. The van der Waals surface area contributed by atoms with E-state index < -0.39 is 0 Å². The van der Waals surface area contributed by atoms with Gasteiger partial charge in [0.1, 0.15) is 0 Å². The molecule has 0 unspecified atom stereocenters. The van der Waals surface area contributed by atoms with E-state index in [0.717, 1.165) is 11.4 Å². The Morgan fingerprint density at radius 3 is 3.00 bits per heavy atom. The molecule has 0 amide bonds. The summed E-state index contributed by atoms with van der Waals surface area (Å²) in [4.78, 5) is 5.05. The highest BCUT2D eigenvalue weighted by molar-refractivity contribution is 8.00. The average molecular weight is 310 g/mol. The molecule has 0 aromatic carbocycles. The molecule has 0 spiro atoms. The number of thioether (sulfide) groups is 1. The number of thiophene rings is 1. The molecule has 0 aliphatic carbocycles. The van der Waals surface area contributed by atoms with Crippen LogP contribution in [0.3, 0.4) is 0 Å². The van der Waals surface area contributed by atoms with Crippen molar-refractivity contribution in [2.45, 2.75) is 38.0 Å². The minimum absolute atomic E-state index is 0.145. The Kier molecular flexibility index (Phi) is 5.98. The first-order chi connectivity index (χ1) is 9.59. The molecule has 2 heterocycles. The molecule has 0 bridgehead atoms. The maximum atomic E-state index is 8.73. The van der Waals surface area contributed by atoms with Crippen molar-refractivity contribution in [2.75, 3.05) is 25.4 Å². The van der Waals surface area contributed by atoms with Gasteiger partial charge in [-0.3, -0.25) is 4.90 Å². The number of aliphatic hydroxyl groups excluding tert-OH is 1. The highest BCUT2D eigenvalue weighted by atomic mass is 32.2. The number of hydrogen-bond acceptors (Lipinski definition) is 4. The van der Waals surface area contributed by atoms with Crippen molar-refractivity contribution in [1.82, 2.24) is 4.90 Å². The van der Waals surface area contributed by atoms with Crippen molar-refractivity contribution in [3.63, 3.8) is 0 Å². The van der Waals surface area contributed by atoms with E-state index in [-0.39, 0.29) is 6.61 Å². The zero-order valence-corrected chi connectivity index (χ0v) is 13.9. The highest BCUT2D eigenvalue weighted by Gasteiger charge is 2.23. The summed E-state index contributed by atoms with van der Waals surface area (Å²) in [7, 11) is 0. The number of aliphatic hydroxyl groups is 1. The second-order valence-electron chi connectivity index (χ2n) is 5.68. The summed E-state index contributed by atoms with van der Waals surface area (Å²) < 4.78 is 0.422. The van der Waals surface area contributed by atoms with Crippen LogP contribution in [0.25, 0.3) is 0 Å². The molecule has 1 fully saturated rings. The van der Waals surface area contributed by atoms with E-state index in [2.05, 4.69) is 54.5 Å². The SMILES string of the molecule is CC1(C)CCN(Cc2ccc(C#CCCO)s2)CCS1. The smallest absolute Gasteiger partial charge is 0.0771 e. The van der Waals surface area contributed by atoms with Crippen LogP contribution < -0.4 is 0 Å². The van der Waals surface area contributed by atoms with Gasteiger partial charge in [-0.25, -0.2) is 0 Å². The minimum atomic E-state index is 0.145. The molecule has 1 aromatic rings. The standard InChI is InChI=1S/C16H23NOS2/c1-16(2)8-9-17(10-12-19-16)13-15-7-6-14(20-15)5-3-4-11-18/h6-7,18H,4,8-13H2,1-2H3. The van der Waals surface area contributed by atoms with Crippen molar-refractivity contribution in [3.8, 4) is 11.8 Å². The molecule has 1 aromatic heterocycles. The lowest BCUT2D eigenvalue weighted by Crippen LogP contribution is -2.26. The van der Waals surface area contributed by atoms with Crippen LogP contribution in [-0.4, -0.2) is 40.2 Å². The van der Waals surface area contributed by atoms with Gasteiger partial charge in [0.15, 0.2) is 0 Å². The Hall–Kier alpha value is -0.470. The van der Waals surface area contributed by atoms with Crippen LogP contribution in [0.5, 0.6) is 0 Å². The van der Waals surface area contributed by atoms with E-state index in [0.29, 0.717) is 11.2 Å². The van der Waals surface area contributed by atoms with Crippen LogP contribution >= 0.6 is 23.1 Å². The van der Waals surface area contributed by atoms with Crippen LogP contribution in [0.1, 0.15) is 36.4 Å². The second kappa shape index (κ2) is 7.51. The van der Waals surface area contributed by atoms with Gasteiger partial charge in [0, 0.05) is 34.9 Å². The summed E-state index contributed by atoms with van der Waals surface area (Å²) >= 11 is 3.87. The fourth-order valence-corrected chi connectivity index (χ4v) is 4.24. The van der Waals surface area contributed by atoms with Gasteiger partial charge in [-0.15, -0.1) is 11.3 Å². The van der Waals surface area contributed by atoms with Crippen molar-refractivity contribution >= 4 is 23.1 Å². The lowest BCUT2D eigenvalue weighted by molar-refractivity contribution is 0.278. The van der Waals surface area contributed by atoms with Crippen molar-refractivity contribution in [2.24, 2.45) is 0 Å². The van der Waals surface area contributed by atoms with Crippen LogP contribution in [0.2, 0.25) is 0 Å². The highest BCUT2D eigenvalue weighted by Crippen LogP contribution is 2.31. The molecule has 0 radical (unpaired) electrons. The summed E-state index contributed by atoms with van der Waals surface area (Å²) in [6.07, 6.45) is 1.82. The quantitative estimate of drug-likeness (QED) is 0.867. The third-order valence-corrected chi connectivity index (χ3v) is 5.78. The lowest BCUT2D eigenvalue weighted by atomic mass is 10.1. The molecule has 4 heteroatoms. The third kappa shape index (κ3) is 5.14. The van der Waals surface area contributed by atoms with Crippen LogP contribution in [-0.2, 0) is 6.54 Å². The molecule has 0 atom stereocenters. The predicted octanol–water partition coefficient (Wildman–Crippen LogP) is 3.20. The summed E-state index contributed by atoms with van der Waals surface area (Å²) in [6.45, 7) is 8.25. The zero-order valence-electron chi connectivity index (χ0n) is 12.3. The van der Waals surface area contributed by atoms with Crippen molar-refractivity contribution in [3.05, 3.63) is 21.9 Å². The van der Waals surface area contributed by atoms with Crippen LogP contribution in [0, 0.1) is 11.8 Å². The van der Waals surface area contributed by atoms with Crippen LogP contribution in [0.4, 0.5) is 0 Å². The van der Waals surface area contributed by atoms with E-state index >= 15 is 0 Å². The third-order valence-electron chi connectivity index (χ3n) is 3.42. The average Bonchev–Trinajstić information content (AvgIpc) is 2.76. The molecule has 0 saturated carbocycles. The second-order valence-corrected chi connectivity index (χ2v) is 8.65. The number of hydrogen-bond donors (Lipinski definition) is 1. The molecule has 2 rings (SSSR count). The molecule has 2 nitrogen and oxygen atoms in total. The maximum Gasteiger partial charge on any atom is 0.0771 e. The maximum absolute atomic E-state index is 8.73. The van der Waals surface area contributed by atoms with E-state index in [4.69, 9.17) is 5.11 Å². The van der Waals surface area contributed by atoms with Gasteiger partial charge >= 0.3 is 0 Å². The minimum Gasteiger partial charge on any atom is -0.395 e. The molecule has 1 aliphatic rings. The van der Waals surface area contributed by atoms with E-state index in [1.165, 1.54) is 30.1 Å². The van der Waals surface area contributed by atoms with E-state index in [9.17, 15) is 0 Å². The first kappa shape index (κ1) is 15.9. The first-order valence-corrected chi connectivity index (χ1v) is 8.94. The molecule has 1 aliphatic heterocycles. The topological polar surface area (TPSA) is 23.5 Å². The van der Waals surface area contributed by atoms with E-state index in [1.54, 1.807) is 11.3 Å². The van der Waals surface area contributed by atoms with Gasteiger partial charge < -0.3 is 5.11 Å². The summed E-state index contributed by atoms with van der Waals surface area (Å²) in [5.74, 6) is 7.32. The zero-order chi connectivity index (χ0) is 14.4. The predicted molar refractivity (Wildman–Crippen MR) is 89.3 cm³/mol. The Morgan fingerprint density at radius 2 is 2.20 bits per heavy atom. The summed E-state index contributed by atoms with van der Waals surface area (Å²) in [5, 5.41) is 8.73. The molecule has 1 N–H and O–H groups in total. The van der Waals surface area contributed by atoms with Crippen LogP contribution in [0.15, 0.2) is 12.1 Å². The van der Waals surface area contributed by atoms with Gasteiger partial charge in [0.2, 0.25) is 0 Å². The molecule has 1 saturated heterocycles. The van der Waals surface area contributed by atoms with E-state index in [1.807, 2.05) is 0 Å². The molecular weight excluding hydrogens is 286 g/mol. The van der Waals surface area contributed by atoms with Crippen molar-refractivity contribution < 1.29 is 5.11 Å². The van der Waals surface area contributed by atoms with Gasteiger partial charge in [-0.05, 0) is 25.1 Å². The lowest BCUT2D eigenvalue weighted by Gasteiger charge is -2.22. The Balaban J connectivity index is 1.89. The molecular formula is C16H23NOS2. The fourth-order valence-electron chi connectivity index (χ4n) is 2.18. The van der Waals surface area contributed by atoms with Crippen molar-refractivity contribution in [1.29, 1.82) is 0 Å². The summed E-state index contributed by atoms with van der Waals surface area (Å²) in [6, 6.07) is 4.29. The van der Waals surface area contributed by atoms with Gasteiger partial charge in [-0.2, -0.15) is 11.8 Å².